The Morgan fingerprint density at radius 2 is 1.94 bits per heavy atom. The van der Waals surface area contributed by atoms with E-state index in [-0.39, 0.29) is 17.7 Å². The fourth-order valence-electron chi connectivity index (χ4n) is 4.04. The maximum absolute atomic E-state index is 13.8. The molecule has 0 amide bonds. The van der Waals surface area contributed by atoms with E-state index in [2.05, 4.69) is 20.9 Å². The highest BCUT2D eigenvalue weighted by molar-refractivity contribution is 9.10. The number of nitrogens with zero attached hydrogens (tertiary/aromatic N) is 2. The first kappa shape index (κ1) is 26.2. The van der Waals surface area contributed by atoms with Crippen LogP contribution in [0.1, 0.15) is 37.9 Å². The fourth-order valence-corrected chi connectivity index (χ4v) is 5.70. The number of ether oxygens (including phenoxy) is 3. The molecular weight excluding hydrogens is 568 g/mol. The lowest BCUT2D eigenvalue weighted by molar-refractivity contribution is -0.139. The zero-order valence-corrected chi connectivity index (χ0v) is 23.3. The summed E-state index contributed by atoms with van der Waals surface area (Å²) < 4.78 is 19.2. The molecule has 0 unspecified atom stereocenters. The van der Waals surface area contributed by atoms with Crippen molar-refractivity contribution in [1.29, 1.82) is 0 Å². The predicted molar refractivity (Wildman–Crippen MR) is 144 cm³/mol. The average Bonchev–Trinajstić information content (AvgIpc) is 3.14. The number of fused-ring (bicyclic) bond motifs is 1. The van der Waals surface area contributed by atoms with Crippen LogP contribution >= 0.6 is 38.9 Å². The largest absolute Gasteiger partial charge is 0.496 e. The monoisotopic (exact) mass is 590 g/mol. The molecule has 4 rings (SSSR count). The summed E-state index contributed by atoms with van der Waals surface area (Å²) in [6.45, 7) is 6.06. The molecule has 0 radical (unpaired) electrons. The summed E-state index contributed by atoms with van der Waals surface area (Å²) >= 11 is 11.1. The highest BCUT2D eigenvalue weighted by Crippen LogP contribution is 2.37. The lowest BCUT2D eigenvalue weighted by Gasteiger charge is -2.26. The number of aromatic nitrogens is 1. The van der Waals surface area contributed by atoms with Gasteiger partial charge < -0.3 is 14.2 Å². The van der Waals surface area contributed by atoms with Crippen LogP contribution in [0.3, 0.4) is 0 Å². The topological polar surface area (TPSA) is 79.1 Å². The third-order valence-corrected chi connectivity index (χ3v) is 7.33. The van der Waals surface area contributed by atoms with Gasteiger partial charge in [0.05, 0.1) is 41.1 Å². The summed E-state index contributed by atoms with van der Waals surface area (Å²) in [6.07, 6.45) is 1.75. The van der Waals surface area contributed by atoms with Gasteiger partial charge in [0.25, 0.3) is 5.56 Å². The molecule has 0 aliphatic carbocycles. The summed E-state index contributed by atoms with van der Waals surface area (Å²) in [6, 6.07) is 10.0. The van der Waals surface area contributed by atoms with E-state index in [4.69, 9.17) is 25.8 Å². The van der Waals surface area contributed by atoms with E-state index in [1.165, 1.54) is 15.9 Å². The predicted octanol–water partition coefficient (Wildman–Crippen LogP) is 4.62. The van der Waals surface area contributed by atoms with Crippen molar-refractivity contribution in [3.05, 3.63) is 88.0 Å². The zero-order valence-electron chi connectivity index (χ0n) is 20.1. The third kappa shape index (κ3) is 5.00. The van der Waals surface area contributed by atoms with Crippen molar-refractivity contribution in [3.8, 4) is 11.5 Å². The van der Waals surface area contributed by atoms with Crippen LogP contribution in [-0.4, -0.2) is 30.9 Å². The van der Waals surface area contributed by atoms with Crippen LogP contribution in [0.4, 0.5) is 0 Å². The number of carbonyl (C=O) groups excluding carboxylic acids is 1. The number of thiazole rings is 1. The van der Waals surface area contributed by atoms with Crippen LogP contribution < -0.4 is 24.4 Å². The Bertz CT molecular complexity index is 1540. The van der Waals surface area contributed by atoms with E-state index in [1.54, 1.807) is 45.2 Å². The number of carbonyl (C=O) groups is 1. The highest BCUT2D eigenvalue weighted by Gasteiger charge is 2.35. The van der Waals surface area contributed by atoms with Gasteiger partial charge in [0.15, 0.2) is 4.80 Å². The van der Waals surface area contributed by atoms with Gasteiger partial charge in [0, 0.05) is 10.0 Å². The molecule has 3 aromatic rings. The van der Waals surface area contributed by atoms with Crippen molar-refractivity contribution < 1.29 is 19.0 Å². The zero-order chi connectivity index (χ0) is 26.0. The molecule has 0 fully saturated rings. The van der Waals surface area contributed by atoms with E-state index in [0.29, 0.717) is 43.7 Å². The maximum atomic E-state index is 13.8. The Balaban J connectivity index is 1.95. The summed E-state index contributed by atoms with van der Waals surface area (Å²) in [7, 11) is 1.55. The van der Waals surface area contributed by atoms with Crippen LogP contribution in [0.5, 0.6) is 11.5 Å². The van der Waals surface area contributed by atoms with E-state index < -0.39 is 12.0 Å². The molecule has 188 valence electrons. The van der Waals surface area contributed by atoms with Crippen molar-refractivity contribution >= 4 is 50.9 Å². The molecule has 1 aliphatic rings. The number of esters is 1. The summed E-state index contributed by atoms with van der Waals surface area (Å²) in [5, 5.41) is 0.454. The number of benzene rings is 2. The van der Waals surface area contributed by atoms with Crippen LogP contribution in [0, 0.1) is 0 Å². The molecule has 0 spiro atoms. The number of hydrogen-bond donors (Lipinski definition) is 0. The second-order valence-electron chi connectivity index (χ2n) is 7.81. The van der Waals surface area contributed by atoms with E-state index in [1.807, 2.05) is 25.1 Å². The minimum absolute atomic E-state index is 0.195. The van der Waals surface area contributed by atoms with Gasteiger partial charge >= 0.3 is 5.97 Å². The van der Waals surface area contributed by atoms with Crippen molar-refractivity contribution in [1.82, 2.24) is 4.57 Å². The lowest BCUT2D eigenvalue weighted by Crippen LogP contribution is -2.40. The quantitative estimate of drug-likeness (QED) is 0.375. The number of halogens is 2. The number of rotatable bonds is 7. The van der Waals surface area contributed by atoms with E-state index in [0.717, 1.165) is 10.0 Å². The molecule has 1 aliphatic heterocycles. The van der Waals surface area contributed by atoms with E-state index in [9.17, 15) is 9.59 Å². The average molecular weight is 592 g/mol. The minimum Gasteiger partial charge on any atom is -0.496 e. The standard InChI is InChI=1S/C26H24BrClN2O5S/c1-5-34-20-9-7-15(11-18(20)28)12-21-24(31)30-23(17-13-16(27)8-10-19(17)33-4)22(25(32)35-6-2)14(3)29-26(30)36-21/h7-13,23H,5-6H2,1-4H3/b21-12-/t23-/m1/s1. The van der Waals surface area contributed by atoms with Crippen molar-refractivity contribution in [2.45, 2.75) is 26.8 Å². The number of methoxy groups -OCH3 is 1. The van der Waals surface area contributed by atoms with Crippen LogP contribution in [0.2, 0.25) is 5.02 Å². The van der Waals surface area contributed by atoms with Crippen molar-refractivity contribution in [2.24, 2.45) is 4.99 Å². The Labute approximate surface area is 225 Å². The van der Waals surface area contributed by atoms with Gasteiger partial charge in [-0.05, 0) is 62.7 Å². The molecule has 7 nitrogen and oxygen atoms in total. The second-order valence-corrected chi connectivity index (χ2v) is 10.1. The van der Waals surface area contributed by atoms with Gasteiger partial charge in [-0.3, -0.25) is 9.36 Å². The van der Waals surface area contributed by atoms with Crippen molar-refractivity contribution in [2.75, 3.05) is 20.3 Å². The van der Waals surface area contributed by atoms with E-state index >= 15 is 0 Å². The highest BCUT2D eigenvalue weighted by atomic mass is 79.9. The van der Waals surface area contributed by atoms with Crippen molar-refractivity contribution in [3.63, 3.8) is 0 Å². The third-order valence-electron chi connectivity index (χ3n) is 5.56. The van der Waals surface area contributed by atoms with Gasteiger partial charge in [-0.15, -0.1) is 0 Å². The second kappa shape index (κ2) is 11.0. The Kier molecular flexibility index (Phi) is 8.02. The van der Waals surface area contributed by atoms with Gasteiger partial charge in [0.2, 0.25) is 0 Å². The molecule has 2 aromatic carbocycles. The first-order valence-corrected chi connectivity index (χ1v) is 13.2. The van der Waals surface area contributed by atoms with Gasteiger partial charge in [-0.2, -0.15) is 0 Å². The van der Waals surface area contributed by atoms with Crippen LogP contribution in [-0.2, 0) is 9.53 Å². The van der Waals surface area contributed by atoms with Gasteiger partial charge in [0.1, 0.15) is 17.5 Å². The number of allylic oxidation sites excluding steroid dienone is 1. The number of hydrogen-bond acceptors (Lipinski definition) is 7. The molecule has 0 saturated carbocycles. The minimum atomic E-state index is -0.779. The van der Waals surface area contributed by atoms with Gasteiger partial charge in [-0.1, -0.05) is 44.9 Å². The fraction of sp³-hybridized carbons (Fsp3) is 0.269. The first-order valence-electron chi connectivity index (χ1n) is 11.2. The summed E-state index contributed by atoms with van der Waals surface area (Å²) in [5.41, 5.74) is 1.87. The van der Waals surface area contributed by atoms with Gasteiger partial charge in [-0.25, -0.2) is 9.79 Å². The molecule has 0 N–H and O–H groups in total. The molecule has 1 aromatic heterocycles. The van der Waals surface area contributed by atoms with Crippen LogP contribution in [0.25, 0.3) is 6.08 Å². The molecular formula is C26H24BrClN2O5S. The molecule has 0 saturated heterocycles. The molecule has 0 bridgehead atoms. The summed E-state index contributed by atoms with van der Waals surface area (Å²) in [4.78, 5) is 31.9. The normalized spacial score (nSPS) is 15.4. The molecule has 1 atom stereocenters. The van der Waals surface area contributed by atoms with Crippen LogP contribution in [0.15, 0.2) is 61.9 Å². The summed E-state index contributed by atoms with van der Waals surface area (Å²) in [5.74, 6) is 0.583. The maximum Gasteiger partial charge on any atom is 0.338 e. The first-order chi connectivity index (χ1) is 17.3. The SMILES string of the molecule is CCOC(=O)C1=C(C)N=c2s/c(=C\c3ccc(OCC)c(Cl)c3)c(=O)n2[C@@H]1c1cc(Br)ccc1OC. The molecule has 10 heteroatoms. The Morgan fingerprint density at radius 3 is 2.61 bits per heavy atom. The lowest BCUT2D eigenvalue weighted by atomic mass is 9.95. The Morgan fingerprint density at radius 1 is 1.19 bits per heavy atom. The molecule has 36 heavy (non-hydrogen) atoms. The Hall–Kier alpha value is -2.88. The molecule has 2 heterocycles. The smallest absolute Gasteiger partial charge is 0.338 e.